The minimum absolute atomic E-state index is 0.178. The summed E-state index contributed by atoms with van der Waals surface area (Å²) in [6.45, 7) is 7.47. The zero-order chi connectivity index (χ0) is 14.0. The fourth-order valence-electron chi connectivity index (χ4n) is 2.14. The van der Waals surface area contributed by atoms with Crippen molar-refractivity contribution >= 4 is 0 Å². The van der Waals surface area contributed by atoms with Crippen molar-refractivity contribution in [2.75, 3.05) is 20.8 Å². The Morgan fingerprint density at radius 3 is 2.37 bits per heavy atom. The SMILES string of the molecule is COc1ccc(CCN2O[C@H]2C(C)(C)C)cc1OC. The quantitative estimate of drug-likeness (QED) is 0.767. The van der Waals surface area contributed by atoms with Gasteiger partial charge in [0.1, 0.15) is 0 Å². The van der Waals surface area contributed by atoms with E-state index in [2.05, 4.69) is 26.8 Å². The molecule has 4 heteroatoms. The highest BCUT2D eigenvalue weighted by Gasteiger charge is 2.45. The molecule has 1 heterocycles. The third-order valence-electron chi connectivity index (χ3n) is 3.26. The third-order valence-corrected chi connectivity index (χ3v) is 3.26. The molecule has 1 aromatic rings. The summed E-state index contributed by atoms with van der Waals surface area (Å²) in [4.78, 5) is 5.58. The van der Waals surface area contributed by atoms with Gasteiger partial charge in [0.25, 0.3) is 0 Å². The highest BCUT2D eigenvalue weighted by atomic mass is 16.8. The summed E-state index contributed by atoms with van der Waals surface area (Å²) in [5.74, 6) is 1.54. The van der Waals surface area contributed by atoms with Gasteiger partial charge in [0.05, 0.1) is 14.2 Å². The van der Waals surface area contributed by atoms with Gasteiger partial charge in [0.2, 0.25) is 0 Å². The monoisotopic (exact) mass is 265 g/mol. The van der Waals surface area contributed by atoms with E-state index in [4.69, 9.17) is 14.3 Å². The van der Waals surface area contributed by atoms with Gasteiger partial charge in [-0.05, 0) is 24.1 Å². The van der Waals surface area contributed by atoms with Crippen molar-refractivity contribution in [1.82, 2.24) is 5.06 Å². The average molecular weight is 265 g/mol. The van der Waals surface area contributed by atoms with Gasteiger partial charge in [-0.15, -0.1) is 0 Å². The van der Waals surface area contributed by atoms with Gasteiger partial charge in [-0.25, -0.2) is 0 Å². The van der Waals surface area contributed by atoms with E-state index >= 15 is 0 Å². The van der Waals surface area contributed by atoms with Crippen LogP contribution in [0.2, 0.25) is 0 Å². The summed E-state index contributed by atoms with van der Waals surface area (Å²) < 4.78 is 10.5. The van der Waals surface area contributed by atoms with Crippen LogP contribution < -0.4 is 9.47 Å². The van der Waals surface area contributed by atoms with E-state index < -0.39 is 0 Å². The van der Waals surface area contributed by atoms with E-state index in [9.17, 15) is 0 Å². The zero-order valence-corrected chi connectivity index (χ0v) is 12.4. The topological polar surface area (TPSA) is 34.0 Å². The maximum atomic E-state index is 5.58. The number of benzene rings is 1. The zero-order valence-electron chi connectivity index (χ0n) is 12.4. The standard InChI is InChI=1S/C15H23NO3/c1-15(2,3)14-16(19-14)9-8-11-6-7-12(17-4)13(10-11)18-5/h6-7,10,14H,8-9H2,1-5H3/t14-,16?/m0/s1. The van der Waals surface area contributed by atoms with Gasteiger partial charge < -0.3 is 9.47 Å². The van der Waals surface area contributed by atoms with Crippen molar-refractivity contribution < 1.29 is 14.3 Å². The van der Waals surface area contributed by atoms with Gasteiger partial charge in [-0.1, -0.05) is 26.8 Å². The molecule has 0 bridgehead atoms. The molecule has 0 saturated carbocycles. The van der Waals surface area contributed by atoms with Crippen LogP contribution in [0.25, 0.3) is 0 Å². The first-order valence-electron chi connectivity index (χ1n) is 6.60. The first-order valence-corrected chi connectivity index (χ1v) is 6.60. The Hall–Kier alpha value is -1.26. The molecule has 106 valence electrons. The Morgan fingerprint density at radius 2 is 1.84 bits per heavy atom. The molecule has 4 nitrogen and oxygen atoms in total. The van der Waals surface area contributed by atoms with Crippen LogP contribution in [0.4, 0.5) is 0 Å². The number of hydrogen-bond acceptors (Lipinski definition) is 4. The van der Waals surface area contributed by atoms with Crippen LogP contribution in [0.3, 0.4) is 0 Å². The third kappa shape index (κ3) is 3.39. The van der Waals surface area contributed by atoms with E-state index in [1.54, 1.807) is 14.2 Å². The summed E-state index contributed by atoms with van der Waals surface area (Å²) >= 11 is 0. The van der Waals surface area contributed by atoms with Crippen LogP contribution >= 0.6 is 0 Å². The predicted molar refractivity (Wildman–Crippen MR) is 74.3 cm³/mol. The number of ether oxygens (including phenoxy) is 2. The van der Waals surface area contributed by atoms with Crippen LogP contribution in [0.5, 0.6) is 11.5 Å². The van der Waals surface area contributed by atoms with Gasteiger partial charge in [-0.3, -0.25) is 4.84 Å². The van der Waals surface area contributed by atoms with Crippen LogP contribution in [-0.4, -0.2) is 32.1 Å². The Balaban J connectivity index is 1.91. The second kappa shape index (κ2) is 5.39. The van der Waals surface area contributed by atoms with Crippen molar-refractivity contribution in [1.29, 1.82) is 0 Å². The molecule has 0 spiro atoms. The summed E-state index contributed by atoms with van der Waals surface area (Å²) in [7, 11) is 3.31. The molecule has 2 atom stereocenters. The van der Waals surface area contributed by atoms with Crippen molar-refractivity contribution in [2.45, 2.75) is 33.4 Å². The summed E-state index contributed by atoms with van der Waals surface area (Å²) in [5.41, 5.74) is 1.40. The molecule has 0 aliphatic carbocycles. The van der Waals surface area contributed by atoms with E-state index in [1.165, 1.54) is 5.56 Å². The molecule has 1 unspecified atom stereocenters. The van der Waals surface area contributed by atoms with Crippen LogP contribution in [-0.2, 0) is 11.3 Å². The molecule has 0 radical (unpaired) electrons. The average Bonchev–Trinajstić information content (AvgIpc) is 3.15. The van der Waals surface area contributed by atoms with E-state index in [-0.39, 0.29) is 11.6 Å². The summed E-state index contributed by atoms with van der Waals surface area (Å²) in [6, 6.07) is 6.03. The number of hydrogen-bond donors (Lipinski definition) is 0. The second-order valence-corrected chi connectivity index (χ2v) is 5.90. The van der Waals surface area contributed by atoms with Gasteiger partial charge in [0.15, 0.2) is 17.7 Å². The van der Waals surface area contributed by atoms with Crippen LogP contribution in [0.1, 0.15) is 26.3 Å². The lowest BCUT2D eigenvalue weighted by atomic mass is 9.95. The lowest BCUT2D eigenvalue weighted by molar-refractivity contribution is 0.192. The molecular formula is C15H23NO3. The molecule has 0 amide bonds. The van der Waals surface area contributed by atoms with E-state index in [0.717, 1.165) is 24.5 Å². The molecule has 0 N–H and O–H groups in total. The minimum Gasteiger partial charge on any atom is -0.493 e. The second-order valence-electron chi connectivity index (χ2n) is 5.90. The first-order chi connectivity index (χ1) is 8.95. The molecule has 1 saturated heterocycles. The lowest BCUT2D eigenvalue weighted by Gasteiger charge is -2.13. The Bertz CT molecular complexity index is 440. The minimum atomic E-state index is 0.178. The maximum Gasteiger partial charge on any atom is 0.160 e. The molecule has 0 aromatic heterocycles. The fraction of sp³-hybridized carbons (Fsp3) is 0.600. The smallest absolute Gasteiger partial charge is 0.160 e. The van der Waals surface area contributed by atoms with Gasteiger partial charge >= 0.3 is 0 Å². The number of hydroxylamine groups is 2. The van der Waals surface area contributed by atoms with E-state index in [0.29, 0.717) is 0 Å². The van der Waals surface area contributed by atoms with Crippen LogP contribution in [0.15, 0.2) is 18.2 Å². The summed E-state index contributed by atoms with van der Waals surface area (Å²) in [6.07, 6.45) is 1.18. The molecule has 1 aliphatic heterocycles. The number of rotatable bonds is 5. The molecule has 1 aliphatic rings. The fourth-order valence-corrected chi connectivity index (χ4v) is 2.14. The lowest BCUT2D eigenvalue weighted by Crippen LogP contribution is -2.19. The summed E-state index contributed by atoms with van der Waals surface area (Å²) in [5, 5.41) is 2.04. The normalized spacial score (nSPS) is 22.2. The maximum absolute atomic E-state index is 5.58. The number of nitrogens with zero attached hydrogens (tertiary/aromatic N) is 1. The molecule has 1 aromatic carbocycles. The first kappa shape index (κ1) is 14.2. The highest BCUT2D eigenvalue weighted by molar-refractivity contribution is 5.42. The van der Waals surface area contributed by atoms with Crippen molar-refractivity contribution in [2.24, 2.45) is 5.41 Å². The van der Waals surface area contributed by atoms with Crippen molar-refractivity contribution in [3.05, 3.63) is 23.8 Å². The van der Waals surface area contributed by atoms with E-state index in [1.807, 2.05) is 17.2 Å². The Kier molecular flexibility index (Phi) is 4.02. The molecular weight excluding hydrogens is 242 g/mol. The van der Waals surface area contributed by atoms with Gasteiger partial charge in [0, 0.05) is 12.0 Å². The largest absolute Gasteiger partial charge is 0.493 e. The predicted octanol–water partition coefficient (Wildman–Crippen LogP) is 2.87. The Labute approximate surface area is 115 Å². The Morgan fingerprint density at radius 1 is 1.16 bits per heavy atom. The van der Waals surface area contributed by atoms with Gasteiger partial charge in [-0.2, -0.15) is 5.06 Å². The molecule has 1 fully saturated rings. The molecule has 2 rings (SSSR count). The van der Waals surface area contributed by atoms with Crippen LogP contribution in [0, 0.1) is 5.41 Å². The van der Waals surface area contributed by atoms with Crippen molar-refractivity contribution in [3.63, 3.8) is 0 Å². The molecule has 19 heavy (non-hydrogen) atoms. The number of methoxy groups -OCH3 is 2. The van der Waals surface area contributed by atoms with Crippen molar-refractivity contribution in [3.8, 4) is 11.5 Å². The highest BCUT2D eigenvalue weighted by Crippen LogP contribution is 2.36.